The zero-order valence-corrected chi connectivity index (χ0v) is 11.4. The first-order chi connectivity index (χ1) is 9.56. The van der Waals surface area contributed by atoms with Crippen LogP contribution in [0.25, 0.3) is 11.1 Å². The van der Waals surface area contributed by atoms with Crippen LogP contribution in [0.3, 0.4) is 0 Å². The second-order valence-electron chi connectivity index (χ2n) is 5.19. The highest BCUT2D eigenvalue weighted by Crippen LogP contribution is 2.36. The van der Waals surface area contributed by atoms with E-state index in [9.17, 15) is 9.90 Å². The second-order valence-corrected chi connectivity index (χ2v) is 5.19. The molecule has 0 bridgehead atoms. The molecule has 1 aliphatic rings. The number of benzene rings is 1. The van der Waals surface area contributed by atoms with E-state index in [1.54, 1.807) is 25.1 Å². The topological polar surface area (TPSA) is 75.4 Å². The largest absolute Gasteiger partial charge is 0.507 e. The Labute approximate surface area is 116 Å². The summed E-state index contributed by atoms with van der Waals surface area (Å²) in [6.45, 7) is 3.62. The van der Waals surface area contributed by atoms with Crippen molar-refractivity contribution in [3.63, 3.8) is 0 Å². The van der Waals surface area contributed by atoms with E-state index in [2.05, 4.69) is 10.5 Å². The Balaban J connectivity index is 1.96. The maximum Gasteiger partial charge on any atom is 0.227 e. The molecule has 0 atom stereocenters. The molecule has 0 saturated heterocycles. The van der Waals surface area contributed by atoms with Gasteiger partial charge in [-0.3, -0.25) is 4.79 Å². The number of carbonyl (C=O) groups is 1. The Morgan fingerprint density at radius 2 is 2.15 bits per heavy atom. The zero-order chi connectivity index (χ0) is 14.3. The van der Waals surface area contributed by atoms with E-state index in [4.69, 9.17) is 4.52 Å². The van der Waals surface area contributed by atoms with Crippen molar-refractivity contribution in [1.82, 2.24) is 5.16 Å². The van der Waals surface area contributed by atoms with E-state index in [0.717, 1.165) is 18.4 Å². The van der Waals surface area contributed by atoms with Gasteiger partial charge >= 0.3 is 0 Å². The number of nitrogens with zero attached hydrogens (tertiary/aromatic N) is 1. The van der Waals surface area contributed by atoms with Crippen molar-refractivity contribution < 1.29 is 14.4 Å². The second kappa shape index (κ2) is 4.67. The molecular weight excluding hydrogens is 256 g/mol. The number of aromatic hydroxyl groups is 1. The first-order valence-corrected chi connectivity index (χ1v) is 6.63. The van der Waals surface area contributed by atoms with Gasteiger partial charge in [0.05, 0.1) is 11.3 Å². The standard InChI is InChI=1S/C15H16N2O3/c1-8-14(9(2)20-17-8)12-7-11(5-6-13(12)18)16-15(19)10-3-4-10/h5-7,10,18H,3-4H2,1-2H3,(H,16,19). The summed E-state index contributed by atoms with van der Waals surface area (Å²) in [7, 11) is 0. The first kappa shape index (κ1) is 12.7. The molecular formula is C15H16N2O3. The van der Waals surface area contributed by atoms with Crippen LogP contribution in [-0.2, 0) is 4.79 Å². The first-order valence-electron chi connectivity index (χ1n) is 6.63. The molecule has 1 heterocycles. The summed E-state index contributed by atoms with van der Waals surface area (Å²) >= 11 is 0. The lowest BCUT2D eigenvalue weighted by Gasteiger charge is -2.09. The van der Waals surface area contributed by atoms with Crippen LogP contribution in [0.15, 0.2) is 22.7 Å². The maximum absolute atomic E-state index is 11.8. The summed E-state index contributed by atoms with van der Waals surface area (Å²) < 4.78 is 5.13. The third-order valence-electron chi connectivity index (χ3n) is 3.51. The van der Waals surface area contributed by atoms with E-state index in [-0.39, 0.29) is 17.6 Å². The van der Waals surface area contributed by atoms with Gasteiger partial charge in [0, 0.05) is 17.2 Å². The van der Waals surface area contributed by atoms with Crippen molar-refractivity contribution in [3.05, 3.63) is 29.7 Å². The third kappa shape index (κ3) is 2.27. The van der Waals surface area contributed by atoms with Gasteiger partial charge in [0.1, 0.15) is 11.5 Å². The van der Waals surface area contributed by atoms with Crippen LogP contribution >= 0.6 is 0 Å². The van der Waals surface area contributed by atoms with Crippen LogP contribution in [0.4, 0.5) is 5.69 Å². The average Bonchev–Trinajstić information content (AvgIpc) is 3.20. The molecule has 2 N–H and O–H groups in total. The number of phenolic OH excluding ortho intramolecular Hbond substituents is 1. The molecule has 20 heavy (non-hydrogen) atoms. The molecule has 1 fully saturated rings. The van der Waals surface area contributed by atoms with E-state index in [1.807, 2.05) is 6.92 Å². The predicted octanol–water partition coefficient (Wildman–Crippen LogP) is 3.01. The number of aryl methyl sites for hydroxylation is 2. The Morgan fingerprint density at radius 3 is 2.75 bits per heavy atom. The van der Waals surface area contributed by atoms with Gasteiger partial charge in [0.15, 0.2) is 0 Å². The molecule has 5 heteroatoms. The Bertz CT molecular complexity index is 652. The molecule has 5 nitrogen and oxygen atoms in total. The van der Waals surface area contributed by atoms with Gasteiger partial charge in [-0.05, 0) is 44.9 Å². The lowest BCUT2D eigenvalue weighted by molar-refractivity contribution is -0.117. The molecule has 104 valence electrons. The van der Waals surface area contributed by atoms with Crippen molar-refractivity contribution in [3.8, 4) is 16.9 Å². The van der Waals surface area contributed by atoms with Crippen molar-refractivity contribution >= 4 is 11.6 Å². The van der Waals surface area contributed by atoms with Gasteiger partial charge in [0.2, 0.25) is 5.91 Å². The summed E-state index contributed by atoms with van der Waals surface area (Å²) in [5.41, 5.74) is 2.78. The molecule has 0 unspecified atom stereocenters. The van der Waals surface area contributed by atoms with Gasteiger partial charge < -0.3 is 14.9 Å². The van der Waals surface area contributed by atoms with E-state index in [1.165, 1.54) is 0 Å². The van der Waals surface area contributed by atoms with Crippen molar-refractivity contribution in [2.45, 2.75) is 26.7 Å². The van der Waals surface area contributed by atoms with Gasteiger partial charge in [-0.2, -0.15) is 0 Å². The molecule has 0 aliphatic heterocycles. The Morgan fingerprint density at radius 1 is 1.40 bits per heavy atom. The highest BCUT2D eigenvalue weighted by atomic mass is 16.5. The average molecular weight is 272 g/mol. The number of anilines is 1. The molecule has 2 aromatic rings. The number of phenols is 1. The quantitative estimate of drug-likeness (QED) is 0.842. The number of carbonyl (C=O) groups excluding carboxylic acids is 1. The fourth-order valence-electron chi connectivity index (χ4n) is 2.27. The third-order valence-corrected chi connectivity index (χ3v) is 3.51. The molecule has 3 rings (SSSR count). The Hall–Kier alpha value is -2.30. The van der Waals surface area contributed by atoms with Crippen molar-refractivity contribution in [2.75, 3.05) is 5.32 Å². The highest BCUT2D eigenvalue weighted by molar-refractivity contribution is 5.95. The number of hydrogen-bond acceptors (Lipinski definition) is 4. The van der Waals surface area contributed by atoms with E-state index >= 15 is 0 Å². The number of rotatable bonds is 3. The van der Waals surface area contributed by atoms with Crippen LogP contribution < -0.4 is 5.32 Å². The Kier molecular flexibility index (Phi) is 2.97. The molecule has 1 saturated carbocycles. The minimum atomic E-state index is 0.0420. The van der Waals surface area contributed by atoms with Crippen LogP contribution in [0.5, 0.6) is 5.75 Å². The molecule has 0 spiro atoms. The molecule has 1 aliphatic carbocycles. The lowest BCUT2D eigenvalue weighted by Crippen LogP contribution is -2.13. The highest BCUT2D eigenvalue weighted by Gasteiger charge is 2.29. The fraction of sp³-hybridized carbons (Fsp3) is 0.333. The van der Waals surface area contributed by atoms with Gasteiger partial charge in [0.25, 0.3) is 0 Å². The molecule has 1 aromatic heterocycles. The zero-order valence-electron chi connectivity index (χ0n) is 11.4. The number of nitrogens with one attached hydrogen (secondary N) is 1. The van der Waals surface area contributed by atoms with Crippen LogP contribution in [0.1, 0.15) is 24.3 Å². The van der Waals surface area contributed by atoms with Crippen LogP contribution in [0, 0.1) is 19.8 Å². The normalized spacial score (nSPS) is 14.3. The SMILES string of the molecule is Cc1noc(C)c1-c1cc(NC(=O)C2CC2)ccc1O. The number of amides is 1. The van der Waals surface area contributed by atoms with Crippen LogP contribution in [-0.4, -0.2) is 16.2 Å². The monoisotopic (exact) mass is 272 g/mol. The van der Waals surface area contributed by atoms with Gasteiger partial charge in [-0.1, -0.05) is 5.16 Å². The molecule has 1 amide bonds. The summed E-state index contributed by atoms with van der Waals surface area (Å²) in [5.74, 6) is 0.971. The number of hydrogen-bond donors (Lipinski definition) is 2. The minimum absolute atomic E-state index is 0.0420. The lowest BCUT2D eigenvalue weighted by atomic mass is 10.0. The van der Waals surface area contributed by atoms with Crippen molar-refractivity contribution in [1.29, 1.82) is 0 Å². The summed E-state index contributed by atoms with van der Waals surface area (Å²) in [4.78, 5) is 11.8. The van der Waals surface area contributed by atoms with E-state index in [0.29, 0.717) is 22.7 Å². The molecule has 0 radical (unpaired) electrons. The molecule has 1 aromatic carbocycles. The van der Waals surface area contributed by atoms with Crippen LogP contribution in [0.2, 0.25) is 0 Å². The van der Waals surface area contributed by atoms with E-state index < -0.39 is 0 Å². The van der Waals surface area contributed by atoms with Crippen molar-refractivity contribution in [2.24, 2.45) is 5.92 Å². The predicted molar refractivity (Wildman–Crippen MR) is 74.4 cm³/mol. The summed E-state index contributed by atoms with van der Waals surface area (Å²) in [6.07, 6.45) is 1.92. The summed E-state index contributed by atoms with van der Waals surface area (Å²) in [5, 5.41) is 16.8. The minimum Gasteiger partial charge on any atom is -0.507 e. The smallest absolute Gasteiger partial charge is 0.227 e. The summed E-state index contributed by atoms with van der Waals surface area (Å²) in [6, 6.07) is 5.02. The fourth-order valence-corrected chi connectivity index (χ4v) is 2.27. The number of aromatic nitrogens is 1. The maximum atomic E-state index is 11.8. The van der Waals surface area contributed by atoms with Gasteiger partial charge in [-0.15, -0.1) is 0 Å². The van der Waals surface area contributed by atoms with Gasteiger partial charge in [-0.25, -0.2) is 0 Å².